The van der Waals surface area contributed by atoms with Crippen LogP contribution in [0.1, 0.15) is 20.3 Å². The largest absolute Gasteiger partial charge is 0.466 e. The molecule has 1 aliphatic carbocycles. The molecule has 148 valence electrons. The molecule has 7 nitrogen and oxygen atoms in total. The van der Waals surface area contributed by atoms with Crippen LogP contribution < -0.4 is 0 Å². The minimum Gasteiger partial charge on any atom is -0.466 e. The van der Waals surface area contributed by atoms with Gasteiger partial charge in [0.2, 0.25) is 0 Å². The predicted molar refractivity (Wildman–Crippen MR) is 95.3 cm³/mol. The molecule has 26 heavy (non-hydrogen) atoms. The molecule has 0 aromatic carbocycles. The third kappa shape index (κ3) is 5.23. The van der Waals surface area contributed by atoms with Crippen LogP contribution >= 0.6 is 0 Å². The SMILES string of the molecule is C=C[C@H]1C=C[C@](COCOC)(CC(=O)OCC)C(=O)[C@@]1(C)COCOC. The molecule has 0 spiro atoms. The van der Waals surface area contributed by atoms with Gasteiger partial charge in [-0.1, -0.05) is 18.2 Å². The van der Waals surface area contributed by atoms with Gasteiger partial charge in [0.1, 0.15) is 13.6 Å². The summed E-state index contributed by atoms with van der Waals surface area (Å²) in [5.41, 5.74) is -2.05. The molecular weight excluding hydrogens is 340 g/mol. The van der Waals surface area contributed by atoms with Gasteiger partial charge < -0.3 is 23.7 Å². The summed E-state index contributed by atoms with van der Waals surface area (Å²) in [6.07, 6.45) is 5.20. The molecule has 1 aliphatic rings. The second-order valence-electron chi connectivity index (χ2n) is 6.52. The van der Waals surface area contributed by atoms with Crippen LogP contribution in [0.15, 0.2) is 24.8 Å². The van der Waals surface area contributed by atoms with E-state index in [0.717, 1.165) is 0 Å². The van der Waals surface area contributed by atoms with Gasteiger partial charge in [-0.05, 0) is 13.8 Å². The topological polar surface area (TPSA) is 80.3 Å². The highest BCUT2D eigenvalue weighted by Crippen LogP contribution is 2.45. The number of ether oxygens (including phenoxy) is 5. The van der Waals surface area contributed by atoms with Gasteiger partial charge in [0.25, 0.3) is 0 Å². The van der Waals surface area contributed by atoms with E-state index in [2.05, 4.69) is 6.58 Å². The van der Waals surface area contributed by atoms with Gasteiger partial charge >= 0.3 is 5.97 Å². The quantitative estimate of drug-likeness (QED) is 0.225. The molecule has 0 heterocycles. The monoisotopic (exact) mass is 370 g/mol. The van der Waals surface area contributed by atoms with E-state index >= 15 is 0 Å². The second kappa shape index (κ2) is 10.6. The Hall–Kier alpha value is -1.54. The van der Waals surface area contributed by atoms with Gasteiger partial charge in [-0.15, -0.1) is 6.58 Å². The highest BCUT2D eigenvalue weighted by atomic mass is 16.7. The first-order valence-corrected chi connectivity index (χ1v) is 8.56. The Bertz CT molecular complexity index is 516. The fourth-order valence-electron chi connectivity index (χ4n) is 3.21. The van der Waals surface area contributed by atoms with Crippen molar-refractivity contribution >= 4 is 11.8 Å². The molecule has 0 N–H and O–H groups in total. The fourth-order valence-corrected chi connectivity index (χ4v) is 3.21. The predicted octanol–water partition coefficient (Wildman–Crippen LogP) is 2.11. The van der Waals surface area contributed by atoms with E-state index in [1.54, 1.807) is 26.0 Å². The summed E-state index contributed by atoms with van der Waals surface area (Å²) in [5.74, 6) is -0.842. The summed E-state index contributed by atoms with van der Waals surface area (Å²) < 4.78 is 25.8. The molecule has 0 radical (unpaired) electrons. The van der Waals surface area contributed by atoms with E-state index in [4.69, 9.17) is 23.7 Å². The molecule has 0 saturated carbocycles. The average molecular weight is 370 g/mol. The van der Waals surface area contributed by atoms with Crippen molar-refractivity contribution in [3.63, 3.8) is 0 Å². The molecule has 0 amide bonds. The number of carbonyl (C=O) groups excluding carboxylic acids is 2. The summed E-state index contributed by atoms with van der Waals surface area (Å²) in [6, 6.07) is 0. The number of carbonyl (C=O) groups is 2. The van der Waals surface area contributed by atoms with E-state index in [1.165, 1.54) is 14.2 Å². The van der Waals surface area contributed by atoms with Crippen molar-refractivity contribution in [1.82, 2.24) is 0 Å². The Kier molecular flexibility index (Phi) is 9.15. The van der Waals surface area contributed by atoms with Gasteiger partial charge in [-0.3, -0.25) is 9.59 Å². The number of ketones is 1. The normalized spacial score (nSPS) is 28.2. The summed E-state index contributed by atoms with van der Waals surface area (Å²) in [4.78, 5) is 25.7. The average Bonchev–Trinajstić information content (AvgIpc) is 2.61. The minimum atomic E-state index is -1.14. The Morgan fingerprint density at radius 2 is 1.85 bits per heavy atom. The first-order valence-electron chi connectivity index (χ1n) is 8.56. The van der Waals surface area contributed by atoms with Gasteiger partial charge in [0.05, 0.1) is 37.1 Å². The van der Waals surface area contributed by atoms with Crippen LogP contribution in [0.5, 0.6) is 0 Å². The van der Waals surface area contributed by atoms with Crippen LogP contribution in [0.4, 0.5) is 0 Å². The third-order valence-electron chi connectivity index (χ3n) is 4.51. The van der Waals surface area contributed by atoms with Crippen molar-refractivity contribution in [3.8, 4) is 0 Å². The molecule has 0 unspecified atom stereocenters. The Morgan fingerprint density at radius 3 is 2.38 bits per heavy atom. The van der Waals surface area contributed by atoms with Gasteiger partial charge in [-0.25, -0.2) is 0 Å². The summed E-state index contributed by atoms with van der Waals surface area (Å²) in [6.45, 7) is 7.83. The van der Waals surface area contributed by atoms with Crippen LogP contribution in [0, 0.1) is 16.7 Å². The van der Waals surface area contributed by atoms with Gasteiger partial charge in [0, 0.05) is 20.1 Å². The summed E-state index contributed by atoms with van der Waals surface area (Å²) in [7, 11) is 3.01. The number of methoxy groups -OCH3 is 2. The van der Waals surface area contributed by atoms with Gasteiger partial charge in [-0.2, -0.15) is 0 Å². The number of hydrogen-bond acceptors (Lipinski definition) is 7. The first-order chi connectivity index (χ1) is 12.4. The first kappa shape index (κ1) is 22.5. The lowest BCUT2D eigenvalue weighted by atomic mass is 9.60. The number of esters is 1. The van der Waals surface area contributed by atoms with Crippen LogP contribution in [-0.4, -0.2) is 59.4 Å². The van der Waals surface area contributed by atoms with Crippen molar-refractivity contribution in [1.29, 1.82) is 0 Å². The van der Waals surface area contributed by atoms with E-state index in [1.807, 2.05) is 6.08 Å². The molecular formula is C19H30O7. The lowest BCUT2D eigenvalue weighted by Gasteiger charge is -2.44. The number of allylic oxidation sites excluding steroid dienone is 2. The van der Waals surface area contributed by atoms with Crippen LogP contribution in [-0.2, 0) is 33.3 Å². The van der Waals surface area contributed by atoms with E-state index < -0.39 is 16.8 Å². The Morgan fingerprint density at radius 1 is 1.23 bits per heavy atom. The lowest BCUT2D eigenvalue weighted by molar-refractivity contribution is -0.160. The van der Waals surface area contributed by atoms with Crippen molar-refractivity contribution in [3.05, 3.63) is 24.8 Å². The van der Waals surface area contributed by atoms with Crippen LogP contribution in [0.2, 0.25) is 0 Å². The van der Waals surface area contributed by atoms with Gasteiger partial charge in [0.15, 0.2) is 5.78 Å². The fraction of sp³-hybridized carbons (Fsp3) is 0.684. The van der Waals surface area contributed by atoms with Crippen molar-refractivity contribution in [2.45, 2.75) is 20.3 Å². The maximum absolute atomic E-state index is 13.5. The zero-order chi connectivity index (χ0) is 19.6. The molecule has 0 saturated heterocycles. The highest BCUT2D eigenvalue weighted by Gasteiger charge is 2.53. The standard InChI is InChI=1S/C19H30O7/c1-6-15-8-9-19(12-25-14-23-5,10-16(20)26-7-2)17(21)18(15,3)11-24-13-22-4/h6,8-9,15H,1,7,10-14H2,2-5H3/t15-,18-,19+/m0/s1. The van der Waals surface area contributed by atoms with E-state index in [-0.39, 0.29) is 51.5 Å². The van der Waals surface area contributed by atoms with Crippen molar-refractivity contribution < 1.29 is 33.3 Å². The summed E-state index contributed by atoms with van der Waals surface area (Å²) in [5, 5.41) is 0. The third-order valence-corrected chi connectivity index (χ3v) is 4.51. The Labute approximate surface area is 155 Å². The van der Waals surface area contributed by atoms with Crippen LogP contribution in [0.3, 0.4) is 0 Å². The molecule has 0 aromatic heterocycles. The molecule has 1 rings (SSSR count). The molecule has 0 aliphatic heterocycles. The number of hydrogen-bond donors (Lipinski definition) is 0. The molecule has 3 atom stereocenters. The number of rotatable bonds is 12. The van der Waals surface area contributed by atoms with Crippen molar-refractivity contribution in [2.75, 3.05) is 47.6 Å². The second-order valence-corrected chi connectivity index (χ2v) is 6.52. The Balaban J connectivity index is 3.18. The lowest BCUT2D eigenvalue weighted by Crippen LogP contribution is -2.53. The summed E-state index contributed by atoms with van der Waals surface area (Å²) >= 11 is 0. The minimum absolute atomic E-state index is 0.0126. The molecule has 0 fully saturated rings. The highest BCUT2D eigenvalue weighted by molar-refractivity contribution is 5.96. The smallest absolute Gasteiger partial charge is 0.307 e. The zero-order valence-corrected chi connectivity index (χ0v) is 16.1. The zero-order valence-electron chi connectivity index (χ0n) is 16.1. The van der Waals surface area contributed by atoms with Crippen molar-refractivity contribution in [2.24, 2.45) is 16.7 Å². The van der Waals surface area contributed by atoms with E-state index in [9.17, 15) is 9.59 Å². The number of Topliss-reactive ketones (excluding diaryl/α,β-unsaturated/α-hetero) is 1. The molecule has 7 heteroatoms. The van der Waals surface area contributed by atoms with Crippen LogP contribution in [0.25, 0.3) is 0 Å². The maximum atomic E-state index is 13.5. The molecule has 0 aromatic rings. The molecule has 0 bridgehead atoms. The maximum Gasteiger partial charge on any atom is 0.307 e. The van der Waals surface area contributed by atoms with E-state index in [0.29, 0.717) is 0 Å².